The fraction of sp³-hybridized carbons (Fsp3) is 0.364. The molecule has 78 valence electrons. The molecule has 0 bridgehead atoms. The highest BCUT2D eigenvalue weighted by molar-refractivity contribution is 7.21. The molecular weight excluding hydrogens is 224 g/mol. The second kappa shape index (κ2) is 3.70. The Morgan fingerprint density at radius 2 is 2.47 bits per heavy atom. The van der Waals surface area contributed by atoms with Crippen LogP contribution >= 0.6 is 22.7 Å². The summed E-state index contributed by atoms with van der Waals surface area (Å²) in [5.74, 6) is 0. The predicted molar refractivity (Wildman–Crippen MR) is 65.4 cm³/mol. The third kappa shape index (κ3) is 1.73. The van der Waals surface area contributed by atoms with Crippen molar-refractivity contribution in [2.45, 2.75) is 25.9 Å². The zero-order valence-electron chi connectivity index (χ0n) is 8.49. The molecule has 0 radical (unpaired) electrons. The summed E-state index contributed by atoms with van der Waals surface area (Å²) in [7, 11) is 0. The van der Waals surface area contributed by atoms with Gasteiger partial charge in [-0.15, -0.1) is 22.7 Å². The molecule has 2 aromatic heterocycles. The average molecular weight is 236 g/mol. The summed E-state index contributed by atoms with van der Waals surface area (Å²) in [5.41, 5.74) is 1.30. The second-order valence-corrected chi connectivity index (χ2v) is 5.88. The van der Waals surface area contributed by atoms with E-state index in [4.69, 9.17) is 4.98 Å². The van der Waals surface area contributed by atoms with Gasteiger partial charge in [-0.25, -0.2) is 4.98 Å². The van der Waals surface area contributed by atoms with Crippen molar-refractivity contribution in [1.82, 2.24) is 10.3 Å². The number of hydrogen-bond acceptors (Lipinski definition) is 4. The first-order chi connectivity index (χ1) is 7.33. The molecule has 1 unspecified atom stereocenters. The van der Waals surface area contributed by atoms with Crippen LogP contribution in [0.2, 0.25) is 0 Å². The number of thiazole rings is 1. The first-order valence-electron chi connectivity index (χ1n) is 5.09. The SMILES string of the molecule is CC1Cc2nc(-c3cccs3)sc2CN1. The maximum atomic E-state index is 4.73. The Labute approximate surface area is 97.0 Å². The van der Waals surface area contributed by atoms with Crippen molar-refractivity contribution in [3.05, 3.63) is 28.1 Å². The quantitative estimate of drug-likeness (QED) is 0.823. The van der Waals surface area contributed by atoms with Crippen molar-refractivity contribution in [3.63, 3.8) is 0 Å². The van der Waals surface area contributed by atoms with Crippen molar-refractivity contribution in [3.8, 4) is 9.88 Å². The fourth-order valence-corrected chi connectivity index (χ4v) is 3.65. The van der Waals surface area contributed by atoms with E-state index in [1.165, 1.54) is 20.5 Å². The zero-order valence-corrected chi connectivity index (χ0v) is 10.1. The largest absolute Gasteiger partial charge is 0.309 e. The molecule has 4 heteroatoms. The minimum absolute atomic E-state index is 0.566. The molecule has 0 saturated heterocycles. The molecule has 1 aliphatic rings. The summed E-state index contributed by atoms with van der Waals surface area (Å²) < 4.78 is 0. The molecule has 2 nitrogen and oxygen atoms in total. The number of aromatic nitrogens is 1. The first-order valence-corrected chi connectivity index (χ1v) is 6.78. The molecule has 2 aromatic rings. The maximum absolute atomic E-state index is 4.73. The molecule has 1 aliphatic heterocycles. The minimum Gasteiger partial charge on any atom is -0.309 e. The van der Waals surface area contributed by atoms with Crippen LogP contribution in [0.4, 0.5) is 0 Å². The molecule has 3 rings (SSSR count). The van der Waals surface area contributed by atoms with Crippen LogP contribution in [-0.2, 0) is 13.0 Å². The Morgan fingerprint density at radius 3 is 3.27 bits per heavy atom. The van der Waals surface area contributed by atoms with Gasteiger partial charge in [-0.1, -0.05) is 6.07 Å². The molecule has 0 fully saturated rings. The van der Waals surface area contributed by atoms with Gasteiger partial charge in [0.2, 0.25) is 0 Å². The Hall–Kier alpha value is -0.710. The lowest BCUT2D eigenvalue weighted by Crippen LogP contribution is -2.32. The molecule has 0 aromatic carbocycles. The van der Waals surface area contributed by atoms with Crippen molar-refractivity contribution in [2.24, 2.45) is 0 Å². The molecule has 15 heavy (non-hydrogen) atoms. The number of rotatable bonds is 1. The van der Waals surface area contributed by atoms with Crippen LogP contribution in [-0.4, -0.2) is 11.0 Å². The van der Waals surface area contributed by atoms with Gasteiger partial charge in [0.15, 0.2) is 0 Å². The fourth-order valence-electron chi connectivity index (χ4n) is 1.82. The van der Waals surface area contributed by atoms with E-state index >= 15 is 0 Å². The minimum atomic E-state index is 0.566. The van der Waals surface area contributed by atoms with Crippen LogP contribution < -0.4 is 5.32 Å². The Kier molecular flexibility index (Phi) is 2.35. The van der Waals surface area contributed by atoms with Gasteiger partial charge in [-0.05, 0) is 18.4 Å². The van der Waals surface area contributed by atoms with E-state index < -0.39 is 0 Å². The van der Waals surface area contributed by atoms with Crippen LogP contribution in [0.1, 0.15) is 17.5 Å². The van der Waals surface area contributed by atoms with E-state index in [9.17, 15) is 0 Å². The normalized spacial score (nSPS) is 20.2. The van der Waals surface area contributed by atoms with Crippen LogP contribution in [0.25, 0.3) is 9.88 Å². The second-order valence-electron chi connectivity index (χ2n) is 3.85. The predicted octanol–water partition coefficient (Wildman–Crippen LogP) is 2.91. The lowest BCUT2D eigenvalue weighted by molar-refractivity contribution is 0.513. The van der Waals surface area contributed by atoms with Crippen molar-refractivity contribution in [2.75, 3.05) is 0 Å². The Balaban J connectivity index is 2.00. The number of nitrogens with zero attached hydrogens (tertiary/aromatic N) is 1. The van der Waals surface area contributed by atoms with Gasteiger partial charge >= 0.3 is 0 Å². The van der Waals surface area contributed by atoms with Gasteiger partial charge in [0.05, 0.1) is 10.6 Å². The molecule has 0 spiro atoms. The van der Waals surface area contributed by atoms with E-state index in [0.717, 1.165) is 13.0 Å². The third-order valence-corrected chi connectivity index (χ3v) is 4.76. The van der Waals surface area contributed by atoms with E-state index in [1.54, 1.807) is 11.3 Å². The highest BCUT2D eigenvalue weighted by atomic mass is 32.1. The van der Waals surface area contributed by atoms with E-state index in [2.05, 4.69) is 29.8 Å². The molecular formula is C11H12N2S2. The van der Waals surface area contributed by atoms with Gasteiger partial charge in [0.1, 0.15) is 5.01 Å². The monoisotopic (exact) mass is 236 g/mol. The summed E-state index contributed by atoms with van der Waals surface area (Å²) in [6.45, 7) is 3.20. The number of fused-ring (bicyclic) bond motifs is 1. The van der Waals surface area contributed by atoms with Gasteiger partial charge in [-0.2, -0.15) is 0 Å². The molecule has 0 aliphatic carbocycles. The lowest BCUT2D eigenvalue weighted by Gasteiger charge is -2.18. The maximum Gasteiger partial charge on any atom is 0.133 e. The number of thiophene rings is 1. The Morgan fingerprint density at radius 1 is 1.53 bits per heavy atom. The van der Waals surface area contributed by atoms with E-state index in [0.29, 0.717) is 6.04 Å². The summed E-state index contributed by atoms with van der Waals surface area (Å²) >= 11 is 3.60. The average Bonchev–Trinajstić information content (AvgIpc) is 2.84. The van der Waals surface area contributed by atoms with Gasteiger partial charge in [0.25, 0.3) is 0 Å². The molecule has 0 saturated carbocycles. The first kappa shape index (κ1) is 9.51. The molecule has 3 heterocycles. The van der Waals surface area contributed by atoms with Crippen LogP contribution in [0.15, 0.2) is 17.5 Å². The number of nitrogens with one attached hydrogen (secondary N) is 1. The van der Waals surface area contributed by atoms with E-state index in [1.807, 2.05) is 11.3 Å². The van der Waals surface area contributed by atoms with Gasteiger partial charge < -0.3 is 5.32 Å². The summed E-state index contributed by atoms with van der Waals surface area (Å²) in [6.07, 6.45) is 1.07. The Bertz CT molecular complexity index is 459. The third-order valence-electron chi connectivity index (χ3n) is 2.62. The summed E-state index contributed by atoms with van der Waals surface area (Å²) in [5, 5.41) is 6.76. The lowest BCUT2D eigenvalue weighted by atomic mass is 10.1. The van der Waals surface area contributed by atoms with Crippen LogP contribution in [0, 0.1) is 0 Å². The highest BCUT2D eigenvalue weighted by Crippen LogP contribution is 2.32. The zero-order chi connectivity index (χ0) is 10.3. The highest BCUT2D eigenvalue weighted by Gasteiger charge is 2.19. The number of hydrogen-bond donors (Lipinski definition) is 1. The van der Waals surface area contributed by atoms with Crippen LogP contribution in [0.5, 0.6) is 0 Å². The molecule has 0 amide bonds. The van der Waals surface area contributed by atoms with Crippen LogP contribution in [0.3, 0.4) is 0 Å². The standard InChI is InChI=1S/C11H12N2S2/c1-7-5-8-10(6-12-7)15-11(13-8)9-3-2-4-14-9/h2-4,7,12H,5-6H2,1H3. The summed E-state index contributed by atoms with van der Waals surface area (Å²) in [4.78, 5) is 7.44. The topological polar surface area (TPSA) is 24.9 Å². The van der Waals surface area contributed by atoms with Crippen molar-refractivity contribution < 1.29 is 0 Å². The van der Waals surface area contributed by atoms with Gasteiger partial charge in [0, 0.05) is 23.9 Å². The smallest absolute Gasteiger partial charge is 0.133 e. The molecule has 1 N–H and O–H groups in total. The summed E-state index contributed by atoms with van der Waals surface area (Å²) in [6, 6.07) is 4.79. The van der Waals surface area contributed by atoms with Gasteiger partial charge in [-0.3, -0.25) is 0 Å². The van der Waals surface area contributed by atoms with E-state index in [-0.39, 0.29) is 0 Å². The van der Waals surface area contributed by atoms with Crippen molar-refractivity contribution in [1.29, 1.82) is 0 Å². The van der Waals surface area contributed by atoms with Crippen molar-refractivity contribution >= 4 is 22.7 Å². The molecule has 1 atom stereocenters.